The molecule has 152 valence electrons. The van der Waals surface area contributed by atoms with E-state index in [1.165, 1.54) is 48.3 Å². The van der Waals surface area contributed by atoms with Crippen LogP contribution in [0.1, 0.15) is 6.92 Å². The van der Waals surface area contributed by atoms with Gasteiger partial charge in [-0.1, -0.05) is 0 Å². The summed E-state index contributed by atoms with van der Waals surface area (Å²) in [5, 5.41) is 23.8. The average molecular weight is 419 g/mol. The Hall–Kier alpha value is -3.78. The van der Waals surface area contributed by atoms with E-state index in [0.29, 0.717) is 5.69 Å². The van der Waals surface area contributed by atoms with Crippen molar-refractivity contribution < 1.29 is 18.3 Å². The van der Waals surface area contributed by atoms with Gasteiger partial charge in [-0.05, 0) is 31.2 Å². The van der Waals surface area contributed by atoms with Gasteiger partial charge in [0.05, 0.1) is 4.90 Å². The molecule has 0 amide bonds. The SMILES string of the molecule is C[C@H](Nc1cc(-n2nc(Nc3ccc(S(N)(=O)=O)cc3)nc2N)ncn1)C(=O)O. The molecule has 7 N–H and O–H groups in total. The first-order valence-electron chi connectivity index (χ1n) is 8.07. The molecule has 2 aromatic heterocycles. The van der Waals surface area contributed by atoms with Crippen LogP contribution in [0, 0.1) is 0 Å². The molecule has 0 saturated heterocycles. The molecular weight excluding hydrogens is 402 g/mol. The lowest BCUT2D eigenvalue weighted by Crippen LogP contribution is -2.26. The molecule has 13 nitrogen and oxygen atoms in total. The summed E-state index contributed by atoms with van der Waals surface area (Å²) in [6.45, 7) is 1.47. The smallest absolute Gasteiger partial charge is 0.325 e. The Morgan fingerprint density at radius 2 is 1.93 bits per heavy atom. The normalized spacial score (nSPS) is 12.3. The summed E-state index contributed by atoms with van der Waals surface area (Å²) in [5.41, 5.74) is 6.40. The van der Waals surface area contributed by atoms with Crippen molar-refractivity contribution in [1.82, 2.24) is 24.7 Å². The van der Waals surface area contributed by atoms with Crippen LogP contribution in [0.3, 0.4) is 0 Å². The Morgan fingerprint density at radius 1 is 1.24 bits per heavy atom. The number of benzene rings is 1. The number of aliphatic carboxylic acids is 1. The molecule has 0 unspecified atom stereocenters. The van der Waals surface area contributed by atoms with Crippen molar-refractivity contribution in [1.29, 1.82) is 0 Å². The summed E-state index contributed by atoms with van der Waals surface area (Å²) >= 11 is 0. The third-order valence-corrected chi connectivity index (χ3v) is 4.60. The number of nitrogen functional groups attached to an aromatic ring is 1. The predicted octanol–water partition coefficient (Wildman–Crippen LogP) is -0.0845. The molecule has 0 aliphatic rings. The van der Waals surface area contributed by atoms with Gasteiger partial charge in [0.15, 0.2) is 5.82 Å². The number of primary sulfonamides is 1. The second kappa shape index (κ2) is 7.69. The second-order valence-electron chi connectivity index (χ2n) is 5.87. The molecule has 0 fully saturated rings. The van der Waals surface area contributed by atoms with Crippen molar-refractivity contribution in [3.05, 3.63) is 36.7 Å². The monoisotopic (exact) mass is 419 g/mol. The number of sulfonamides is 1. The third-order valence-electron chi connectivity index (χ3n) is 3.68. The highest BCUT2D eigenvalue weighted by Gasteiger charge is 2.14. The zero-order valence-electron chi connectivity index (χ0n) is 15.0. The lowest BCUT2D eigenvalue weighted by molar-refractivity contribution is -0.137. The first-order chi connectivity index (χ1) is 13.6. The number of carboxylic acids is 1. The van der Waals surface area contributed by atoms with Crippen LogP contribution in [0.15, 0.2) is 41.6 Å². The molecule has 2 heterocycles. The molecule has 1 atom stereocenters. The molecule has 0 bridgehead atoms. The fourth-order valence-corrected chi connectivity index (χ4v) is 2.74. The van der Waals surface area contributed by atoms with Crippen LogP contribution in [0.2, 0.25) is 0 Å². The van der Waals surface area contributed by atoms with E-state index in [0.717, 1.165) is 0 Å². The third kappa shape index (κ3) is 4.74. The summed E-state index contributed by atoms with van der Waals surface area (Å²) in [4.78, 5) is 23.0. The Labute approximate surface area is 164 Å². The molecule has 29 heavy (non-hydrogen) atoms. The second-order valence-corrected chi connectivity index (χ2v) is 7.43. The Morgan fingerprint density at radius 3 is 2.55 bits per heavy atom. The molecule has 1 aromatic carbocycles. The number of anilines is 4. The molecule has 0 saturated carbocycles. The van der Waals surface area contributed by atoms with E-state index in [2.05, 4.69) is 30.7 Å². The number of nitrogens with two attached hydrogens (primary N) is 2. The fourth-order valence-electron chi connectivity index (χ4n) is 2.23. The highest BCUT2D eigenvalue weighted by molar-refractivity contribution is 7.89. The Kier molecular flexibility index (Phi) is 5.29. The maximum absolute atomic E-state index is 11.3. The largest absolute Gasteiger partial charge is 0.480 e. The molecule has 3 aromatic rings. The predicted molar refractivity (Wildman–Crippen MR) is 103 cm³/mol. The van der Waals surface area contributed by atoms with Crippen LogP contribution in [-0.2, 0) is 14.8 Å². The van der Waals surface area contributed by atoms with E-state index >= 15 is 0 Å². The Balaban J connectivity index is 1.81. The molecule has 0 aliphatic heterocycles. The highest BCUT2D eigenvalue weighted by Crippen LogP contribution is 2.19. The summed E-state index contributed by atoms with van der Waals surface area (Å²) in [5.74, 6) is -0.344. The number of carbonyl (C=O) groups is 1. The van der Waals surface area contributed by atoms with Gasteiger partial charge in [-0.3, -0.25) is 4.79 Å². The van der Waals surface area contributed by atoms with Gasteiger partial charge >= 0.3 is 5.97 Å². The number of nitrogens with zero attached hydrogens (tertiary/aromatic N) is 5. The number of rotatable bonds is 7. The van der Waals surface area contributed by atoms with E-state index < -0.39 is 22.0 Å². The molecule has 14 heteroatoms. The van der Waals surface area contributed by atoms with Crippen molar-refractivity contribution in [3.8, 4) is 5.82 Å². The van der Waals surface area contributed by atoms with Crippen molar-refractivity contribution in [2.75, 3.05) is 16.4 Å². The van der Waals surface area contributed by atoms with Gasteiger partial charge in [-0.25, -0.2) is 23.5 Å². The lowest BCUT2D eigenvalue weighted by Gasteiger charge is -2.10. The van der Waals surface area contributed by atoms with Crippen molar-refractivity contribution in [3.63, 3.8) is 0 Å². The van der Waals surface area contributed by atoms with Crippen LogP contribution < -0.4 is 21.5 Å². The minimum absolute atomic E-state index is 0.0181. The summed E-state index contributed by atoms with van der Waals surface area (Å²) < 4.78 is 23.8. The Bertz CT molecular complexity index is 1140. The number of hydrogen-bond donors (Lipinski definition) is 5. The molecule has 3 rings (SSSR count). The summed E-state index contributed by atoms with van der Waals surface area (Å²) in [6, 6.07) is 6.28. The molecule has 0 spiro atoms. The molecule has 0 aliphatic carbocycles. The van der Waals surface area contributed by atoms with Gasteiger partial charge in [0, 0.05) is 11.8 Å². The van der Waals surface area contributed by atoms with Crippen molar-refractivity contribution in [2.45, 2.75) is 17.9 Å². The number of nitrogens with one attached hydrogen (secondary N) is 2. The van der Waals surface area contributed by atoms with Gasteiger partial charge in [0.1, 0.15) is 18.2 Å². The lowest BCUT2D eigenvalue weighted by atomic mass is 10.3. The summed E-state index contributed by atoms with van der Waals surface area (Å²) in [7, 11) is -3.79. The van der Waals surface area contributed by atoms with Crippen molar-refractivity contribution in [2.24, 2.45) is 5.14 Å². The minimum Gasteiger partial charge on any atom is -0.480 e. The average Bonchev–Trinajstić information content (AvgIpc) is 3.01. The number of hydrogen-bond acceptors (Lipinski definition) is 10. The van der Waals surface area contributed by atoms with Crippen LogP contribution >= 0.6 is 0 Å². The van der Waals surface area contributed by atoms with Gasteiger partial charge < -0.3 is 21.5 Å². The first kappa shape index (κ1) is 20.0. The van der Waals surface area contributed by atoms with Crippen LogP contribution in [-0.4, -0.2) is 50.3 Å². The zero-order valence-corrected chi connectivity index (χ0v) is 15.8. The van der Waals surface area contributed by atoms with Crippen LogP contribution in [0.25, 0.3) is 5.82 Å². The van der Waals surface area contributed by atoms with E-state index in [1.807, 2.05) is 0 Å². The zero-order chi connectivity index (χ0) is 21.2. The molecular formula is C15H17N9O4S. The number of carboxylic acid groups (broad SMARTS) is 1. The topological polar surface area (TPSA) is 204 Å². The van der Waals surface area contributed by atoms with Gasteiger partial charge in [-0.2, -0.15) is 9.67 Å². The highest BCUT2D eigenvalue weighted by atomic mass is 32.2. The quantitative estimate of drug-likeness (QED) is 0.342. The minimum atomic E-state index is -3.79. The first-order valence-corrected chi connectivity index (χ1v) is 9.62. The molecule has 0 radical (unpaired) electrons. The van der Waals surface area contributed by atoms with E-state index in [9.17, 15) is 13.2 Å². The van der Waals surface area contributed by atoms with E-state index in [4.69, 9.17) is 16.0 Å². The van der Waals surface area contributed by atoms with E-state index in [1.54, 1.807) is 0 Å². The van der Waals surface area contributed by atoms with Gasteiger partial charge in [0.25, 0.3) is 0 Å². The maximum atomic E-state index is 11.3. The standard InChI is InChI=1S/C15H17N9O4S/c1-8(13(25)26)20-11-6-12(19-7-18-11)24-14(16)22-15(23-24)21-9-2-4-10(5-3-9)29(17,27)28/h2-8H,1H3,(H,25,26)(H2,17,27,28)(H,18,19,20)(H3,16,21,22,23)/t8-/m0/s1. The number of aromatic nitrogens is 5. The van der Waals surface area contributed by atoms with Crippen LogP contribution in [0.4, 0.5) is 23.4 Å². The van der Waals surface area contributed by atoms with Gasteiger partial charge in [0.2, 0.25) is 21.9 Å². The van der Waals surface area contributed by atoms with Gasteiger partial charge in [-0.15, -0.1) is 5.10 Å². The fraction of sp³-hybridized carbons (Fsp3) is 0.133. The van der Waals surface area contributed by atoms with Crippen LogP contribution in [0.5, 0.6) is 0 Å². The van der Waals surface area contributed by atoms with E-state index in [-0.39, 0.29) is 28.4 Å². The maximum Gasteiger partial charge on any atom is 0.325 e. The van der Waals surface area contributed by atoms with Crippen molar-refractivity contribution >= 4 is 39.4 Å². The summed E-state index contributed by atoms with van der Waals surface area (Å²) in [6.07, 6.45) is 1.23.